The number of thiazole rings is 1. The zero-order valence-electron chi connectivity index (χ0n) is 12.1. The highest BCUT2D eigenvalue weighted by Crippen LogP contribution is 2.31. The van der Waals surface area contributed by atoms with Crippen molar-refractivity contribution in [3.05, 3.63) is 64.7 Å². The number of carbonyl (C=O) groups is 1. The lowest BCUT2D eigenvalue weighted by Crippen LogP contribution is -2.27. The van der Waals surface area contributed by atoms with E-state index in [9.17, 15) is 4.79 Å². The topological polar surface area (TPSA) is 86.0 Å². The quantitative estimate of drug-likeness (QED) is 0.768. The van der Waals surface area contributed by atoms with Crippen molar-refractivity contribution in [1.82, 2.24) is 10.3 Å². The molecule has 0 saturated carbocycles. The smallest absolute Gasteiger partial charge is 0.404 e. The van der Waals surface area contributed by atoms with Crippen molar-refractivity contribution in [3.63, 3.8) is 0 Å². The van der Waals surface area contributed by atoms with E-state index in [-0.39, 0.29) is 12.5 Å². The van der Waals surface area contributed by atoms with E-state index in [1.807, 2.05) is 30.3 Å². The van der Waals surface area contributed by atoms with Crippen LogP contribution in [-0.4, -0.2) is 22.7 Å². The third kappa shape index (κ3) is 3.30. The molecule has 0 aliphatic heterocycles. The highest BCUT2D eigenvalue weighted by Gasteiger charge is 2.20. The van der Waals surface area contributed by atoms with E-state index in [4.69, 9.17) is 10.4 Å². The number of nitrogens with one attached hydrogen (secondary N) is 1. The van der Waals surface area contributed by atoms with E-state index in [1.165, 1.54) is 11.3 Å². The second-order valence-corrected chi connectivity index (χ2v) is 6.06. The molecule has 0 fully saturated rings. The number of benzene rings is 2. The highest BCUT2D eigenvalue weighted by molar-refractivity contribution is 7.18. The Hall–Kier alpha value is -2.91. The molecule has 2 aromatic carbocycles. The van der Waals surface area contributed by atoms with Gasteiger partial charge in [-0.05, 0) is 29.8 Å². The van der Waals surface area contributed by atoms with Gasteiger partial charge in [0.15, 0.2) is 0 Å². The third-order valence-electron chi connectivity index (χ3n) is 3.48. The molecule has 2 N–H and O–H groups in total. The van der Waals surface area contributed by atoms with Crippen LogP contribution in [0, 0.1) is 11.3 Å². The lowest BCUT2D eigenvalue weighted by molar-refractivity contribution is 0.194. The summed E-state index contributed by atoms with van der Waals surface area (Å²) in [4.78, 5) is 15.5. The van der Waals surface area contributed by atoms with Crippen molar-refractivity contribution in [3.8, 4) is 6.07 Å². The Morgan fingerprint density at radius 1 is 1.30 bits per heavy atom. The summed E-state index contributed by atoms with van der Waals surface area (Å²) in [5, 5.41) is 21.2. The van der Waals surface area contributed by atoms with Crippen LogP contribution in [0.25, 0.3) is 10.2 Å². The Kier molecular flexibility index (Phi) is 4.22. The van der Waals surface area contributed by atoms with Gasteiger partial charge in [-0.3, -0.25) is 0 Å². The van der Waals surface area contributed by atoms with Gasteiger partial charge in [-0.25, -0.2) is 9.78 Å². The lowest BCUT2D eigenvalue weighted by atomic mass is 9.98. The Balaban J connectivity index is 2.03. The molecule has 1 atom stereocenters. The zero-order chi connectivity index (χ0) is 16.2. The van der Waals surface area contributed by atoms with Gasteiger partial charge in [-0.15, -0.1) is 11.3 Å². The van der Waals surface area contributed by atoms with Crippen molar-refractivity contribution in [2.75, 3.05) is 6.54 Å². The van der Waals surface area contributed by atoms with Crippen molar-refractivity contribution in [2.24, 2.45) is 0 Å². The maximum atomic E-state index is 10.9. The number of fused-ring (bicyclic) bond motifs is 1. The zero-order valence-corrected chi connectivity index (χ0v) is 12.9. The molecule has 1 heterocycles. The van der Waals surface area contributed by atoms with Crippen LogP contribution in [0.15, 0.2) is 48.5 Å². The fourth-order valence-electron chi connectivity index (χ4n) is 2.40. The molecule has 0 aliphatic rings. The molecule has 3 rings (SSSR count). The average molecular weight is 323 g/mol. The van der Waals surface area contributed by atoms with Crippen LogP contribution in [0.2, 0.25) is 0 Å². The third-order valence-corrected chi connectivity index (χ3v) is 4.63. The van der Waals surface area contributed by atoms with Gasteiger partial charge in [0.1, 0.15) is 5.01 Å². The summed E-state index contributed by atoms with van der Waals surface area (Å²) >= 11 is 1.54. The van der Waals surface area contributed by atoms with E-state index in [0.29, 0.717) is 5.56 Å². The molecule has 23 heavy (non-hydrogen) atoms. The number of nitrogens with zero attached hydrogens (tertiary/aromatic N) is 2. The van der Waals surface area contributed by atoms with Gasteiger partial charge < -0.3 is 10.4 Å². The minimum absolute atomic E-state index is 0.212. The molecule has 1 amide bonds. The Morgan fingerprint density at radius 3 is 2.87 bits per heavy atom. The van der Waals surface area contributed by atoms with Gasteiger partial charge in [0.25, 0.3) is 0 Å². The summed E-state index contributed by atoms with van der Waals surface area (Å²) in [6.45, 7) is 0.212. The predicted molar refractivity (Wildman–Crippen MR) is 88.6 cm³/mol. The fourth-order valence-corrected chi connectivity index (χ4v) is 3.50. The number of hydrogen-bond donors (Lipinski definition) is 2. The number of rotatable bonds is 4. The van der Waals surface area contributed by atoms with Crippen LogP contribution in [0.5, 0.6) is 0 Å². The normalized spacial score (nSPS) is 11.8. The van der Waals surface area contributed by atoms with E-state index in [2.05, 4.69) is 16.4 Å². The first-order chi connectivity index (χ1) is 11.2. The summed E-state index contributed by atoms with van der Waals surface area (Å²) in [5.41, 5.74) is 2.31. The summed E-state index contributed by atoms with van der Waals surface area (Å²) in [7, 11) is 0. The monoisotopic (exact) mass is 323 g/mol. The second-order valence-electron chi connectivity index (χ2n) is 5.00. The first-order valence-electron chi connectivity index (χ1n) is 6.99. The van der Waals surface area contributed by atoms with Crippen LogP contribution in [-0.2, 0) is 0 Å². The minimum atomic E-state index is -1.08. The summed E-state index contributed by atoms with van der Waals surface area (Å²) in [6.07, 6.45) is -1.08. The fraction of sp³-hybridized carbons (Fsp3) is 0.118. The van der Waals surface area contributed by atoms with Crippen molar-refractivity contribution in [1.29, 1.82) is 5.26 Å². The molecular weight excluding hydrogens is 310 g/mol. The Bertz CT molecular complexity index is 865. The molecule has 6 heteroatoms. The predicted octanol–water partition coefficient (Wildman–Crippen LogP) is 3.57. The van der Waals surface area contributed by atoms with Gasteiger partial charge in [-0.1, -0.05) is 24.3 Å². The number of para-hydroxylation sites is 1. The Morgan fingerprint density at radius 2 is 2.13 bits per heavy atom. The molecule has 5 nitrogen and oxygen atoms in total. The molecule has 3 aromatic rings. The molecule has 0 radical (unpaired) electrons. The average Bonchev–Trinajstić information content (AvgIpc) is 2.98. The van der Waals surface area contributed by atoms with Crippen LogP contribution in [0.3, 0.4) is 0 Å². The number of amides is 1. The van der Waals surface area contributed by atoms with Crippen LogP contribution >= 0.6 is 11.3 Å². The molecule has 0 bridgehead atoms. The lowest BCUT2D eigenvalue weighted by Gasteiger charge is -2.15. The molecular formula is C17H13N3O2S. The minimum Gasteiger partial charge on any atom is -0.465 e. The number of aromatic nitrogens is 1. The first kappa shape index (κ1) is 15.0. The molecule has 0 unspecified atom stereocenters. The van der Waals surface area contributed by atoms with E-state index < -0.39 is 6.09 Å². The SMILES string of the molecule is N#Cc1cccc([C@H](CNC(=O)O)c2nc3ccccc3s2)c1. The van der Waals surface area contributed by atoms with Crippen LogP contribution < -0.4 is 5.32 Å². The summed E-state index contributed by atoms with van der Waals surface area (Å²) < 4.78 is 1.05. The van der Waals surface area contributed by atoms with E-state index >= 15 is 0 Å². The number of hydrogen-bond acceptors (Lipinski definition) is 4. The molecule has 114 valence electrons. The van der Waals surface area contributed by atoms with Crippen molar-refractivity contribution < 1.29 is 9.90 Å². The maximum Gasteiger partial charge on any atom is 0.404 e. The molecule has 0 spiro atoms. The van der Waals surface area contributed by atoms with Crippen LogP contribution in [0.1, 0.15) is 22.1 Å². The number of carboxylic acid groups (broad SMARTS) is 1. The van der Waals surface area contributed by atoms with Gasteiger partial charge in [-0.2, -0.15) is 5.26 Å². The van der Waals surface area contributed by atoms with Gasteiger partial charge in [0.2, 0.25) is 0 Å². The van der Waals surface area contributed by atoms with Gasteiger partial charge in [0, 0.05) is 6.54 Å². The summed E-state index contributed by atoms with van der Waals surface area (Å²) in [5.74, 6) is -0.225. The van der Waals surface area contributed by atoms with E-state index in [1.54, 1.807) is 18.2 Å². The maximum absolute atomic E-state index is 10.9. The first-order valence-corrected chi connectivity index (χ1v) is 7.81. The molecule has 1 aromatic heterocycles. The highest BCUT2D eigenvalue weighted by atomic mass is 32.1. The van der Waals surface area contributed by atoms with Crippen LogP contribution in [0.4, 0.5) is 4.79 Å². The van der Waals surface area contributed by atoms with Gasteiger partial charge in [0.05, 0.1) is 27.8 Å². The largest absolute Gasteiger partial charge is 0.465 e. The van der Waals surface area contributed by atoms with E-state index in [0.717, 1.165) is 20.8 Å². The van der Waals surface area contributed by atoms with Gasteiger partial charge >= 0.3 is 6.09 Å². The molecule has 0 aliphatic carbocycles. The summed E-state index contributed by atoms with van der Waals surface area (Å²) in [6, 6.07) is 17.1. The standard InChI is InChI=1S/C17H13N3O2S/c18-9-11-4-3-5-12(8-11)13(10-19-17(21)22)16-20-14-6-1-2-7-15(14)23-16/h1-8,13,19H,10H2,(H,21,22)/t13-/m0/s1. The van der Waals surface area contributed by atoms with Crippen molar-refractivity contribution >= 4 is 27.6 Å². The Labute approximate surface area is 136 Å². The second kappa shape index (κ2) is 6.46. The molecule has 0 saturated heterocycles. The number of nitriles is 1. The van der Waals surface area contributed by atoms with Crippen molar-refractivity contribution in [2.45, 2.75) is 5.92 Å².